The van der Waals surface area contributed by atoms with E-state index in [9.17, 15) is 12.9 Å². The Hall–Kier alpha value is -0.805. The Balaban J connectivity index is 2.56. The molecule has 86 valence electrons. The average Bonchev–Trinajstić information content (AvgIpc) is 2.46. The number of fused-ring (bicyclic) bond motifs is 1. The number of rotatable bonds is 2. The standard InChI is InChI=1S/C9H6BCl2F3N/c11-6-3-8(12)7-1-2-16(9(7)4-6)5-10(13,14)15/h1-4H,5H2/q-1. The van der Waals surface area contributed by atoms with Gasteiger partial charge in [0.1, 0.15) is 0 Å². The highest BCUT2D eigenvalue weighted by Crippen LogP contribution is 2.29. The SMILES string of the molecule is F[B-](F)(F)Cn1ccc2c(Cl)cc(Cl)cc21. The topological polar surface area (TPSA) is 4.93 Å². The molecule has 0 radical (unpaired) electrons. The van der Waals surface area contributed by atoms with Crippen molar-refractivity contribution in [2.24, 2.45) is 0 Å². The van der Waals surface area contributed by atoms with Crippen LogP contribution < -0.4 is 0 Å². The molecule has 0 amide bonds. The first-order valence-electron chi connectivity index (χ1n) is 4.52. The van der Waals surface area contributed by atoms with Crippen molar-refractivity contribution < 1.29 is 12.9 Å². The van der Waals surface area contributed by atoms with Gasteiger partial charge in [-0.3, -0.25) is 0 Å². The molecule has 0 bridgehead atoms. The van der Waals surface area contributed by atoms with Crippen molar-refractivity contribution >= 4 is 41.1 Å². The summed E-state index contributed by atoms with van der Waals surface area (Å²) in [7, 11) is 0. The van der Waals surface area contributed by atoms with Crippen LogP contribution in [-0.4, -0.2) is 11.5 Å². The van der Waals surface area contributed by atoms with E-state index in [0.717, 1.165) is 4.57 Å². The maximum atomic E-state index is 12.3. The summed E-state index contributed by atoms with van der Waals surface area (Å²) in [6.07, 6.45) is 0.377. The number of benzene rings is 1. The van der Waals surface area contributed by atoms with Crippen molar-refractivity contribution in [3.8, 4) is 0 Å². The molecule has 0 spiro atoms. The molecule has 1 aromatic carbocycles. The molecule has 1 aromatic heterocycles. The third kappa shape index (κ3) is 2.30. The largest absolute Gasteiger partial charge is 0.497 e. The number of hydrogen-bond acceptors (Lipinski definition) is 0. The molecule has 7 heteroatoms. The van der Waals surface area contributed by atoms with Crippen LogP contribution in [0.25, 0.3) is 10.9 Å². The van der Waals surface area contributed by atoms with Gasteiger partial charge in [-0.15, -0.1) is 0 Å². The van der Waals surface area contributed by atoms with Crippen molar-refractivity contribution in [2.75, 3.05) is 0 Å². The highest BCUT2D eigenvalue weighted by Gasteiger charge is 2.24. The molecule has 0 aliphatic heterocycles. The number of aromatic nitrogens is 1. The molecule has 1 heterocycles. The lowest BCUT2D eigenvalue weighted by Gasteiger charge is -2.15. The van der Waals surface area contributed by atoms with E-state index in [1.807, 2.05) is 0 Å². The van der Waals surface area contributed by atoms with E-state index >= 15 is 0 Å². The molecule has 0 aliphatic rings. The normalized spacial score (nSPS) is 12.3. The summed E-state index contributed by atoms with van der Waals surface area (Å²) >= 11 is 11.6. The van der Waals surface area contributed by atoms with Crippen molar-refractivity contribution in [3.63, 3.8) is 0 Å². The summed E-state index contributed by atoms with van der Waals surface area (Å²) in [4.78, 5) is 0. The van der Waals surface area contributed by atoms with E-state index in [4.69, 9.17) is 23.2 Å². The predicted octanol–water partition coefficient (Wildman–Crippen LogP) is 4.33. The zero-order valence-corrected chi connectivity index (χ0v) is 9.44. The van der Waals surface area contributed by atoms with Gasteiger partial charge < -0.3 is 17.5 Å². The maximum absolute atomic E-state index is 12.3. The second-order valence-electron chi connectivity index (χ2n) is 3.50. The van der Waals surface area contributed by atoms with Gasteiger partial charge in [-0.1, -0.05) is 23.2 Å². The molecule has 0 unspecified atom stereocenters. The van der Waals surface area contributed by atoms with E-state index < -0.39 is 13.4 Å². The molecule has 0 saturated heterocycles. The lowest BCUT2D eigenvalue weighted by molar-refractivity contribution is 0.448. The van der Waals surface area contributed by atoms with Crippen LogP contribution in [-0.2, 0) is 6.44 Å². The van der Waals surface area contributed by atoms with Crippen molar-refractivity contribution in [1.82, 2.24) is 4.57 Å². The van der Waals surface area contributed by atoms with Gasteiger partial charge in [0.05, 0.1) is 5.02 Å². The Bertz CT molecular complexity index is 535. The average molecular weight is 267 g/mol. The summed E-state index contributed by atoms with van der Waals surface area (Å²) in [5.74, 6) is 0. The summed E-state index contributed by atoms with van der Waals surface area (Å²) in [5.41, 5.74) is 0.400. The van der Waals surface area contributed by atoms with Crippen LogP contribution >= 0.6 is 23.2 Å². The van der Waals surface area contributed by atoms with Gasteiger partial charge in [0.25, 0.3) is 0 Å². The molecule has 16 heavy (non-hydrogen) atoms. The fourth-order valence-electron chi connectivity index (χ4n) is 1.60. The van der Waals surface area contributed by atoms with Crippen molar-refractivity contribution in [2.45, 2.75) is 6.44 Å². The molecular weight excluding hydrogens is 261 g/mol. The van der Waals surface area contributed by atoms with E-state index in [2.05, 4.69) is 0 Å². The highest BCUT2D eigenvalue weighted by atomic mass is 35.5. The first-order valence-corrected chi connectivity index (χ1v) is 5.27. The van der Waals surface area contributed by atoms with Crippen LogP contribution in [0.3, 0.4) is 0 Å². The molecule has 0 N–H and O–H groups in total. The predicted molar refractivity (Wildman–Crippen MR) is 61.0 cm³/mol. The fourth-order valence-corrected chi connectivity index (χ4v) is 2.15. The Kier molecular flexibility index (Phi) is 2.84. The van der Waals surface area contributed by atoms with Crippen LogP contribution in [0.4, 0.5) is 12.9 Å². The van der Waals surface area contributed by atoms with Crippen LogP contribution in [0.2, 0.25) is 10.0 Å². The minimum atomic E-state index is -4.88. The minimum absolute atomic E-state index is 0.326. The quantitative estimate of drug-likeness (QED) is 0.713. The lowest BCUT2D eigenvalue weighted by Crippen LogP contribution is -2.23. The zero-order chi connectivity index (χ0) is 11.9. The molecule has 0 atom stereocenters. The Morgan fingerprint density at radius 2 is 1.88 bits per heavy atom. The number of halogens is 5. The number of nitrogens with zero attached hydrogens (tertiary/aromatic N) is 1. The lowest BCUT2D eigenvalue weighted by atomic mass is 9.92. The first-order chi connectivity index (χ1) is 7.37. The Morgan fingerprint density at radius 1 is 1.19 bits per heavy atom. The summed E-state index contributed by atoms with van der Waals surface area (Å²) < 4.78 is 38.1. The Morgan fingerprint density at radius 3 is 2.50 bits per heavy atom. The minimum Gasteiger partial charge on any atom is -0.448 e. The van der Waals surface area contributed by atoms with Crippen LogP contribution in [0.15, 0.2) is 24.4 Å². The molecule has 0 saturated carbocycles. The highest BCUT2D eigenvalue weighted by molar-refractivity contribution is 6.57. The van der Waals surface area contributed by atoms with E-state index in [1.165, 1.54) is 18.3 Å². The van der Waals surface area contributed by atoms with E-state index in [1.54, 1.807) is 6.07 Å². The van der Waals surface area contributed by atoms with E-state index in [-0.39, 0.29) is 0 Å². The monoisotopic (exact) mass is 266 g/mol. The van der Waals surface area contributed by atoms with Gasteiger partial charge in [-0.2, -0.15) is 0 Å². The number of hydrogen-bond donors (Lipinski definition) is 0. The summed E-state index contributed by atoms with van der Waals surface area (Å²) in [6.45, 7) is -4.88. The van der Waals surface area contributed by atoms with Gasteiger partial charge in [0, 0.05) is 22.1 Å². The molecular formula is C9H6BCl2F3N-. The summed E-state index contributed by atoms with van der Waals surface area (Å²) in [5, 5.41) is 1.26. The van der Waals surface area contributed by atoms with Crippen LogP contribution in [0.5, 0.6) is 0 Å². The first kappa shape index (κ1) is 11.7. The third-order valence-corrected chi connectivity index (χ3v) is 2.74. The fraction of sp³-hybridized carbons (Fsp3) is 0.111. The van der Waals surface area contributed by atoms with Crippen LogP contribution in [0, 0.1) is 0 Å². The van der Waals surface area contributed by atoms with Gasteiger partial charge in [0.15, 0.2) is 0 Å². The van der Waals surface area contributed by atoms with Gasteiger partial charge >= 0.3 is 6.98 Å². The van der Waals surface area contributed by atoms with Crippen molar-refractivity contribution in [3.05, 3.63) is 34.4 Å². The molecule has 2 rings (SSSR count). The maximum Gasteiger partial charge on any atom is 0.497 e. The Labute approximate surface area is 99.8 Å². The molecule has 2 aromatic rings. The van der Waals surface area contributed by atoms with Gasteiger partial charge in [-0.05, 0) is 24.6 Å². The second kappa shape index (κ2) is 3.89. The van der Waals surface area contributed by atoms with E-state index in [0.29, 0.717) is 20.9 Å². The summed E-state index contributed by atoms with van der Waals surface area (Å²) in [6, 6.07) is 4.54. The molecule has 1 nitrogen and oxygen atoms in total. The van der Waals surface area contributed by atoms with Gasteiger partial charge in [0.2, 0.25) is 0 Å². The van der Waals surface area contributed by atoms with Crippen molar-refractivity contribution in [1.29, 1.82) is 0 Å². The van der Waals surface area contributed by atoms with Gasteiger partial charge in [-0.25, -0.2) is 0 Å². The smallest absolute Gasteiger partial charge is 0.448 e. The zero-order valence-electron chi connectivity index (χ0n) is 7.93. The third-order valence-electron chi connectivity index (χ3n) is 2.21. The van der Waals surface area contributed by atoms with Crippen LogP contribution in [0.1, 0.15) is 0 Å². The molecule has 0 aliphatic carbocycles. The molecule has 0 fully saturated rings. The second-order valence-corrected chi connectivity index (χ2v) is 4.34.